The Morgan fingerprint density at radius 3 is 2.77 bits per heavy atom. The number of rotatable bonds is 5. The van der Waals surface area contributed by atoms with Gasteiger partial charge in [-0.05, 0) is 30.7 Å². The normalized spacial score (nSPS) is 11.2. The SMILES string of the molecule is Cc1ccccc1-n1c(SCc2cc(=O)n3ccsc3n2)nnc1-c1ccncc1. The first-order chi connectivity index (χ1) is 14.7. The highest BCUT2D eigenvalue weighted by atomic mass is 32.2. The molecule has 1 aromatic carbocycles. The molecule has 0 aliphatic heterocycles. The third kappa shape index (κ3) is 3.42. The Kier molecular flexibility index (Phi) is 4.89. The van der Waals surface area contributed by atoms with Crippen LogP contribution >= 0.6 is 23.1 Å². The van der Waals surface area contributed by atoms with E-state index in [1.54, 1.807) is 29.1 Å². The number of para-hydroxylation sites is 1. The van der Waals surface area contributed by atoms with Crippen molar-refractivity contribution >= 4 is 28.1 Å². The van der Waals surface area contributed by atoms with E-state index in [4.69, 9.17) is 0 Å². The summed E-state index contributed by atoms with van der Waals surface area (Å²) in [4.78, 5) is 21.7. The Hall–Kier alpha value is -3.30. The summed E-state index contributed by atoms with van der Waals surface area (Å²) in [6.07, 6.45) is 5.22. The number of thiazole rings is 1. The van der Waals surface area contributed by atoms with Crippen LogP contribution in [-0.4, -0.2) is 29.1 Å². The smallest absolute Gasteiger partial charge is 0.258 e. The van der Waals surface area contributed by atoms with Crippen LogP contribution in [0.3, 0.4) is 0 Å². The van der Waals surface area contributed by atoms with Crippen molar-refractivity contribution in [2.75, 3.05) is 0 Å². The van der Waals surface area contributed by atoms with Gasteiger partial charge in [-0.2, -0.15) is 0 Å². The summed E-state index contributed by atoms with van der Waals surface area (Å²) in [6.45, 7) is 2.06. The maximum atomic E-state index is 12.3. The molecule has 0 aliphatic carbocycles. The van der Waals surface area contributed by atoms with E-state index in [2.05, 4.69) is 39.2 Å². The highest BCUT2D eigenvalue weighted by Gasteiger charge is 2.18. The van der Waals surface area contributed by atoms with Crippen molar-refractivity contribution < 1.29 is 0 Å². The summed E-state index contributed by atoms with van der Waals surface area (Å²) in [5, 5.41) is 11.5. The van der Waals surface area contributed by atoms with Gasteiger partial charge in [-0.3, -0.25) is 18.7 Å². The van der Waals surface area contributed by atoms with Gasteiger partial charge in [-0.25, -0.2) is 4.98 Å². The van der Waals surface area contributed by atoms with Gasteiger partial charge in [0, 0.05) is 41.4 Å². The minimum absolute atomic E-state index is 0.0744. The largest absolute Gasteiger partial charge is 0.270 e. The summed E-state index contributed by atoms with van der Waals surface area (Å²) in [5.74, 6) is 1.26. The summed E-state index contributed by atoms with van der Waals surface area (Å²) in [5.41, 5.74) is 3.71. The number of thioether (sulfide) groups is 1. The monoisotopic (exact) mass is 432 g/mol. The molecule has 9 heteroatoms. The predicted octanol–water partition coefficient (Wildman–Crippen LogP) is 4.00. The second kappa shape index (κ2) is 7.85. The Balaban J connectivity index is 1.55. The summed E-state index contributed by atoms with van der Waals surface area (Å²) < 4.78 is 3.60. The minimum Gasteiger partial charge on any atom is -0.270 e. The molecular formula is C21H16N6OS2. The fourth-order valence-corrected chi connectivity index (χ4v) is 4.76. The van der Waals surface area contributed by atoms with E-state index < -0.39 is 0 Å². The molecule has 0 bridgehead atoms. The molecule has 0 N–H and O–H groups in total. The van der Waals surface area contributed by atoms with Gasteiger partial charge in [0.2, 0.25) is 0 Å². The lowest BCUT2D eigenvalue weighted by atomic mass is 10.2. The van der Waals surface area contributed by atoms with Crippen molar-refractivity contribution in [1.82, 2.24) is 29.1 Å². The molecule has 30 heavy (non-hydrogen) atoms. The van der Waals surface area contributed by atoms with Crippen LogP contribution in [0.2, 0.25) is 0 Å². The fraction of sp³-hybridized carbons (Fsp3) is 0.0952. The second-order valence-corrected chi connectivity index (χ2v) is 8.41. The molecular weight excluding hydrogens is 416 g/mol. The Bertz CT molecular complexity index is 1390. The quantitative estimate of drug-likeness (QED) is 0.391. The van der Waals surface area contributed by atoms with Gasteiger partial charge in [-0.15, -0.1) is 21.5 Å². The standard InChI is InChI=1S/C21H16N6OS2/c1-14-4-2-3-5-17(14)27-19(15-6-8-22-9-7-15)24-25-21(27)30-13-16-12-18(28)26-10-11-29-20(26)23-16/h2-12H,13H2,1H3. The lowest BCUT2D eigenvalue weighted by Crippen LogP contribution is -2.12. The van der Waals surface area contributed by atoms with Crippen LogP contribution in [0.25, 0.3) is 22.0 Å². The second-order valence-electron chi connectivity index (χ2n) is 6.59. The van der Waals surface area contributed by atoms with E-state index in [1.807, 2.05) is 34.2 Å². The maximum Gasteiger partial charge on any atom is 0.258 e. The molecule has 0 saturated carbocycles. The van der Waals surface area contributed by atoms with Gasteiger partial charge in [0.05, 0.1) is 11.4 Å². The third-order valence-corrected chi connectivity index (χ3v) is 6.35. The predicted molar refractivity (Wildman–Crippen MR) is 118 cm³/mol. The molecule has 0 atom stereocenters. The van der Waals surface area contributed by atoms with Gasteiger partial charge in [0.25, 0.3) is 5.56 Å². The number of hydrogen-bond acceptors (Lipinski definition) is 7. The number of pyridine rings is 1. The van der Waals surface area contributed by atoms with E-state index in [1.165, 1.54) is 23.1 Å². The van der Waals surface area contributed by atoms with Crippen molar-refractivity contribution in [3.63, 3.8) is 0 Å². The molecule has 4 heterocycles. The van der Waals surface area contributed by atoms with Crippen LogP contribution in [-0.2, 0) is 5.75 Å². The Morgan fingerprint density at radius 1 is 1.10 bits per heavy atom. The average Bonchev–Trinajstić information content (AvgIpc) is 3.40. The van der Waals surface area contributed by atoms with Gasteiger partial charge < -0.3 is 0 Å². The van der Waals surface area contributed by atoms with Crippen LogP contribution < -0.4 is 5.56 Å². The fourth-order valence-electron chi connectivity index (χ4n) is 3.18. The van der Waals surface area contributed by atoms with Crippen LogP contribution in [0.15, 0.2) is 76.4 Å². The van der Waals surface area contributed by atoms with E-state index in [9.17, 15) is 4.79 Å². The molecule has 148 valence electrons. The van der Waals surface area contributed by atoms with Crippen LogP contribution in [0.4, 0.5) is 0 Å². The lowest BCUT2D eigenvalue weighted by molar-refractivity contribution is 0.879. The molecule has 4 aromatic heterocycles. The molecule has 0 radical (unpaired) electrons. The summed E-state index contributed by atoms with van der Waals surface area (Å²) in [6, 6.07) is 13.5. The minimum atomic E-state index is -0.0744. The molecule has 0 saturated heterocycles. The lowest BCUT2D eigenvalue weighted by Gasteiger charge is -2.12. The Labute approximate surface area is 180 Å². The highest BCUT2D eigenvalue weighted by molar-refractivity contribution is 7.98. The molecule has 0 aliphatic rings. The average molecular weight is 433 g/mol. The zero-order chi connectivity index (χ0) is 20.5. The molecule has 5 aromatic rings. The van der Waals surface area contributed by atoms with E-state index in [0.29, 0.717) is 10.7 Å². The summed E-state index contributed by atoms with van der Waals surface area (Å²) in [7, 11) is 0. The zero-order valence-electron chi connectivity index (χ0n) is 16.0. The number of aromatic nitrogens is 6. The van der Waals surface area contributed by atoms with Crippen LogP contribution in [0.5, 0.6) is 0 Å². The van der Waals surface area contributed by atoms with Crippen molar-refractivity contribution in [1.29, 1.82) is 0 Å². The summed E-state index contributed by atoms with van der Waals surface area (Å²) >= 11 is 2.95. The zero-order valence-corrected chi connectivity index (χ0v) is 17.6. The van der Waals surface area contributed by atoms with Crippen molar-refractivity contribution in [3.05, 3.63) is 88.0 Å². The number of nitrogens with zero attached hydrogens (tertiary/aromatic N) is 6. The number of hydrogen-bond donors (Lipinski definition) is 0. The van der Waals surface area contributed by atoms with Gasteiger partial charge >= 0.3 is 0 Å². The molecule has 0 fully saturated rings. The first kappa shape index (κ1) is 18.7. The van der Waals surface area contributed by atoms with Crippen LogP contribution in [0.1, 0.15) is 11.3 Å². The van der Waals surface area contributed by atoms with Gasteiger partial charge in [-0.1, -0.05) is 30.0 Å². The van der Waals surface area contributed by atoms with Gasteiger partial charge in [0.1, 0.15) is 0 Å². The molecule has 0 spiro atoms. The number of aryl methyl sites for hydroxylation is 1. The number of benzene rings is 1. The first-order valence-corrected chi connectivity index (χ1v) is 11.1. The Morgan fingerprint density at radius 2 is 1.93 bits per heavy atom. The van der Waals surface area contributed by atoms with Gasteiger partial charge in [0.15, 0.2) is 15.9 Å². The highest BCUT2D eigenvalue weighted by Crippen LogP contribution is 2.30. The maximum absolute atomic E-state index is 12.3. The van der Waals surface area contributed by atoms with E-state index in [-0.39, 0.29) is 5.56 Å². The molecule has 5 rings (SSSR count). The topological polar surface area (TPSA) is 78.0 Å². The molecule has 0 amide bonds. The number of fused-ring (bicyclic) bond motifs is 1. The van der Waals surface area contributed by atoms with Crippen molar-refractivity contribution in [2.24, 2.45) is 0 Å². The van der Waals surface area contributed by atoms with Crippen molar-refractivity contribution in [3.8, 4) is 17.1 Å². The van der Waals surface area contributed by atoms with Crippen LogP contribution in [0, 0.1) is 6.92 Å². The first-order valence-electron chi connectivity index (χ1n) is 9.21. The van der Waals surface area contributed by atoms with E-state index >= 15 is 0 Å². The third-order valence-electron chi connectivity index (χ3n) is 4.63. The molecule has 0 unspecified atom stereocenters. The molecule has 7 nitrogen and oxygen atoms in total. The van der Waals surface area contributed by atoms with E-state index in [0.717, 1.165) is 33.5 Å². The van der Waals surface area contributed by atoms with Crippen molar-refractivity contribution in [2.45, 2.75) is 17.8 Å².